The second kappa shape index (κ2) is 16.2. The molecule has 0 fully saturated rings. The Bertz CT molecular complexity index is 2690. The van der Waals surface area contributed by atoms with Crippen molar-refractivity contribution in [1.29, 1.82) is 0 Å². The molecule has 0 amide bonds. The fourth-order valence-corrected chi connectivity index (χ4v) is 7.89. The first-order valence-electron chi connectivity index (χ1n) is 19.4. The van der Waals surface area contributed by atoms with Gasteiger partial charge in [0.25, 0.3) is 0 Å². The molecule has 0 saturated carbocycles. The molecule has 0 radical (unpaired) electrons. The van der Waals surface area contributed by atoms with Crippen LogP contribution in [0.25, 0.3) is 38.6 Å². The van der Waals surface area contributed by atoms with Gasteiger partial charge in [0.05, 0.1) is 11.0 Å². The molecule has 1 aromatic heterocycles. The summed E-state index contributed by atoms with van der Waals surface area (Å²) in [6, 6.07) is 60.5. The van der Waals surface area contributed by atoms with E-state index >= 15 is 0 Å². The Kier molecular flexibility index (Phi) is 10.5. The smallest absolute Gasteiger partial charge is 0.144 e. The first-order valence-corrected chi connectivity index (χ1v) is 19.4. The zero-order valence-corrected chi connectivity index (χ0v) is 32.1. The third-order valence-corrected chi connectivity index (χ3v) is 10.5. The number of allylic oxidation sites excluding steroid dienone is 3. The fourth-order valence-electron chi connectivity index (χ4n) is 7.89. The van der Waals surface area contributed by atoms with Gasteiger partial charge in [0.15, 0.2) is 0 Å². The molecule has 0 spiro atoms. The van der Waals surface area contributed by atoms with Crippen molar-refractivity contribution in [3.05, 3.63) is 205 Å². The predicted molar refractivity (Wildman–Crippen MR) is 237 cm³/mol. The van der Waals surface area contributed by atoms with Crippen molar-refractivity contribution in [2.24, 2.45) is 0 Å². The van der Waals surface area contributed by atoms with Crippen LogP contribution in [0.1, 0.15) is 31.4 Å². The van der Waals surface area contributed by atoms with Crippen LogP contribution < -0.4 is 9.80 Å². The normalized spacial score (nSPS) is 11.7. The largest absolute Gasteiger partial charge is 0.310 e. The first-order chi connectivity index (χ1) is 27.6. The van der Waals surface area contributed by atoms with E-state index in [0.717, 1.165) is 64.4 Å². The summed E-state index contributed by atoms with van der Waals surface area (Å²) in [5.41, 5.74) is 14.4. The number of fused-ring (bicyclic) bond motifs is 3. The molecule has 0 unspecified atom stereocenters. The number of rotatable bonds is 12. The molecular weight excluding hydrogens is 683 g/mol. The summed E-state index contributed by atoms with van der Waals surface area (Å²) in [7, 11) is 0. The van der Waals surface area contributed by atoms with Crippen LogP contribution in [0.15, 0.2) is 194 Å². The first kappa shape index (κ1) is 36.1. The van der Waals surface area contributed by atoms with Gasteiger partial charge in [-0.05, 0) is 127 Å². The second-order valence-corrected chi connectivity index (χ2v) is 14.0. The lowest BCUT2D eigenvalue weighted by Crippen LogP contribution is -2.16. The predicted octanol–water partition coefficient (Wildman–Crippen LogP) is 14.0. The van der Waals surface area contributed by atoms with Crippen molar-refractivity contribution in [2.45, 2.75) is 33.6 Å². The van der Waals surface area contributed by atoms with Crippen molar-refractivity contribution in [3.63, 3.8) is 0 Å². The number of anilines is 5. The Hall–Kier alpha value is -6.91. The molecule has 56 heavy (non-hydrogen) atoms. The van der Waals surface area contributed by atoms with Gasteiger partial charge in [0.2, 0.25) is 0 Å². The van der Waals surface area contributed by atoms with Crippen molar-refractivity contribution in [1.82, 2.24) is 4.57 Å². The van der Waals surface area contributed by atoms with E-state index in [1.54, 1.807) is 6.08 Å². The van der Waals surface area contributed by atoms with Crippen LogP contribution in [0.2, 0.25) is 0 Å². The summed E-state index contributed by atoms with van der Waals surface area (Å²) < 4.78 is 2.34. The summed E-state index contributed by atoms with van der Waals surface area (Å²) in [6.07, 6.45) is 8.49. The van der Waals surface area contributed by atoms with E-state index in [-0.39, 0.29) is 0 Å². The molecule has 0 bridgehead atoms. The number of carbonyl (C=O) groups is 1. The van der Waals surface area contributed by atoms with Gasteiger partial charge < -0.3 is 14.4 Å². The van der Waals surface area contributed by atoms with Crippen molar-refractivity contribution >= 4 is 56.5 Å². The maximum atomic E-state index is 12.0. The van der Waals surface area contributed by atoms with Crippen LogP contribution in [0.4, 0.5) is 28.4 Å². The molecule has 4 heteroatoms. The number of aromatic nitrogens is 1. The van der Waals surface area contributed by atoms with Crippen LogP contribution in [0.5, 0.6) is 0 Å². The summed E-state index contributed by atoms with van der Waals surface area (Å²) in [6.45, 7) is 6.37. The van der Waals surface area contributed by atoms with Crippen LogP contribution in [-0.4, -0.2) is 10.9 Å². The minimum absolute atomic E-state index is 0.780. The Balaban J connectivity index is 1.18. The van der Waals surface area contributed by atoms with Gasteiger partial charge in [-0.2, -0.15) is 0 Å². The highest BCUT2D eigenvalue weighted by atomic mass is 16.1. The van der Waals surface area contributed by atoms with Crippen molar-refractivity contribution < 1.29 is 4.79 Å². The Morgan fingerprint density at radius 1 is 0.607 bits per heavy atom. The van der Waals surface area contributed by atoms with E-state index < -0.39 is 0 Å². The van der Waals surface area contributed by atoms with E-state index in [1.165, 1.54) is 38.6 Å². The third-order valence-electron chi connectivity index (χ3n) is 10.5. The average Bonchev–Trinajstić information content (AvgIpc) is 3.57. The minimum Gasteiger partial charge on any atom is -0.310 e. The van der Waals surface area contributed by atoms with Gasteiger partial charge >= 0.3 is 0 Å². The van der Waals surface area contributed by atoms with E-state index in [1.807, 2.05) is 19.1 Å². The highest BCUT2D eigenvalue weighted by molar-refractivity contribution is 6.10. The van der Waals surface area contributed by atoms with Crippen LogP contribution >= 0.6 is 0 Å². The molecule has 0 aliphatic heterocycles. The molecule has 8 aromatic rings. The van der Waals surface area contributed by atoms with E-state index in [0.29, 0.717) is 0 Å². The summed E-state index contributed by atoms with van der Waals surface area (Å²) in [5.74, 6) is 0. The maximum Gasteiger partial charge on any atom is 0.144 e. The molecule has 0 saturated heterocycles. The number of nitrogens with zero attached hydrogens (tertiary/aromatic N) is 3. The topological polar surface area (TPSA) is 28.5 Å². The highest BCUT2D eigenvalue weighted by Gasteiger charge is 2.20. The average molecular weight is 728 g/mol. The summed E-state index contributed by atoms with van der Waals surface area (Å²) in [4.78, 5) is 16.5. The van der Waals surface area contributed by atoms with Crippen molar-refractivity contribution in [3.8, 4) is 16.8 Å². The van der Waals surface area contributed by atoms with E-state index in [2.05, 4.69) is 198 Å². The number of hydrogen-bond donors (Lipinski definition) is 0. The monoisotopic (exact) mass is 727 g/mol. The Morgan fingerprint density at radius 3 is 1.93 bits per heavy atom. The van der Waals surface area contributed by atoms with Gasteiger partial charge in [0.1, 0.15) is 6.29 Å². The van der Waals surface area contributed by atoms with E-state index in [9.17, 15) is 4.79 Å². The molecule has 0 aliphatic carbocycles. The second-order valence-electron chi connectivity index (χ2n) is 14.0. The molecule has 7 aromatic carbocycles. The summed E-state index contributed by atoms with van der Waals surface area (Å²) >= 11 is 0. The number of para-hydroxylation sites is 4. The number of hydrogen-bond acceptors (Lipinski definition) is 3. The molecule has 0 atom stereocenters. The van der Waals surface area contributed by atoms with E-state index in [4.69, 9.17) is 0 Å². The van der Waals surface area contributed by atoms with Gasteiger partial charge in [-0.3, -0.25) is 4.79 Å². The van der Waals surface area contributed by atoms with Crippen molar-refractivity contribution in [2.75, 3.05) is 9.80 Å². The van der Waals surface area contributed by atoms with Crippen LogP contribution in [-0.2, 0) is 11.2 Å². The molecule has 0 N–H and O–H groups in total. The SMILES string of the molecule is C/C=C\C(=C/C=O)N(c1ccc(-c2ccc3c(c2)c2ccccc2n3-c2ccccc2)cc1)c1ccc(N(c2ccccc2C)c2ccccc2CCC)cc1. The molecule has 8 rings (SSSR count). The van der Waals surface area contributed by atoms with Gasteiger partial charge in [-0.1, -0.05) is 110 Å². The zero-order valence-electron chi connectivity index (χ0n) is 32.1. The fraction of sp³-hybridized carbons (Fsp3) is 0.0962. The molecule has 0 aliphatic rings. The molecule has 274 valence electrons. The molecule has 1 heterocycles. The maximum absolute atomic E-state index is 12.0. The quantitative estimate of drug-likeness (QED) is 0.0713. The lowest BCUT2D eigenvalue weighted by atomic mass is 10.0. The lowest BCUT2D eigenvalue weighted by Gasteiger charge is -2.30. The third kappa shape index (κ3) is 6.94. The Labute approximate surface area is 329 Å². The van der Waals surface area contributed by atoms with Gasteiger partial charge in [-0.25, -0.2) is 0 Å². The zero-order chi connectivity index (χ0) is 38.4. The number of carbonyl (C=O) groups excluding carboxylic acids is 1. The number of aryl methyl sites for hydroxylation is 2. The van der Waals surface area contributed by atoms with Gasteiger partial charge in [-0.15, -0.1) is 0 Å². The highest BCUT2D eigenvalue weighted by Crippen LogP contribution is 2.41. The van der Waals surface area contributed by atoms with Gasteiger partial charge in [0, 0.05) is 56.7 Å². The standard InChI is InChI=1S/C52H45N3O/c1-4-15-40-18-10-13-23-50(40)54(49-22-12-9-17-38(49)3)46-32-30-45(31-33-46)53(42(16-5-2)35-36-56)44-28-25-39(26-29-44)41-27-34-52-48(37-41)47-21-11-14-24-51(47)55(52)43-19-7-6-8-20-43/h5-14,16-37H,4,15H2,1-3H3/b16-5-,42-35+. The number of benzene rings is 7. The molecular formula is C52H45N3O. The Morgan fingerprint density at radius 2 is 1.21 bits per heavy atom. The van der Waals surface area contributed by atoms with Crippen LogP contribution in [0.3, 0.4) is 0 Å². The lowest BCUT2D eigenvalue weighted by molar-refractivity contribution is -0.104. The van der Waals surface area contributed by atoms with Crippen LogP contribution in [0, 0.1) is 6.92 Å². The summed E-state index contributed by atoms with van der Waals surface area (Å²) in [5, 5.41) is 2.44. The minimum atomic E-state index is 0.780. The molecule has 4 nitrogen and oxygen atoms in total. The number of aldehydes is 1.